The van der Waals surface area contributed by atoms with Gasteiger partial charge in [0.15, 0.2) is 0 Å². The van der Waals surface area contributed by atoms with Crippen LogP contribution in [0, 0.1) is 17.0 Å². The molecule has 1 aromatic carbocycles. The summed E-state index contributed by atoms with van der Waals surface area (Å²) in [6.45, 7) is 4.70. The van der Waals surface area contributed by atoms with Crippen LogP contribution in [0.4, 0.5) is 11.4 Å². The third kappa shape index (κ3) is 4.33. The maximum atomic E-state index is 11.6. The Morgan fingerprint density at radius 2 is 2.00 bits per heavy atom. The number of benzene rings is 1. The molecule has 0 unspecified atom stereocenters. The smallest absolute Gasteiger partial charge is 0.271 e. The fraction of sp³-hybridized carbons (Fsp3) is 0.571. The lowest BCUT2D eigenvalue weighted by molar-refractivity contribution is -0.384. The molecule has 0 atom stereocenters. The topological polar surface area (TPSA) is 92.6 Å². The van der Waals surface area contributed by atoms with Gasteiger partial charge in [-0.2, -0.15) is 0 Å². The van der Waals surface area contributed by atoms with Crippen LogP contribution in [0.3, 0.4) is 0 Å². The number of hydrogen-bond donors (Lipinski definition) is 1. The van der Waals surface area contributed by atoms with Crippen LogP contribution in [0.25, 0.3) is 0 Å². The van der Waals surface area contributed by atoms with E-state index in [4.69, 9.17) is 11.6 Å². The molecule has 1 aliphatic heterocycles. The summed E-state index contributed by atoms with van der Waals surface area (Å²) in [7, 11) is -3.20. The number of nitrogens with zero attached hydrogens (tertiary/aromatic N) is 2. The van der Waals surface area contributed by atoms with Gasteiger partial charge in [-0.1, -0.05) is 11.6 Å². The molecule has 0 aliphatic carbocycles. The van der Waals surface area contributed by atoms with Crippen LogP contribution in [-0.2, 0) is 10.0 Å². The minimum absolute atomic E-state index is 0.0261. The number of nitrogens with one attached hydrogen (secondary N) is 1. The summed E-state index contributed by atoms with van der Waals surface area (Å²) >= 11 is 6.22. The maximum absolute atomic E-state index is 11.6. The molecular weight excluding hydrogens is 342 g/mol. The van der Waals surface area contributed by atoms with Gasteiger partial charge in [0.2, 0.25) is 10.0 Å². The van der Waals surface area contributed by atoms with E-state index < -0.39 is 14.9 Å². The molecule has 0 spiro atoms. The number of piperidine rings is 1. The molecule has 9 heteroatoms. The summed E-state index contributed by atoms with van der Waals surface area (Å²) in [4.78, 5) is 12.5. The van der Waals surface area contributed by atoms with Gasteiger partial charge >= 0.3 is 0 Å². The highest BCUT2D eigenvalue weighted by molar-refractivity contribution is 7.89. The third-order valence-electron chi connectivity index (χ3n) is 3.99. The van der Waals surface area contributed by atoms with Crippen molar-refractivity contribution < 1.29 is 13.3 Å². The summed E-state index contributed by atoms with van der Waals surface area (Å²) in [6.07, 6.45) is 1.35. The zero-order chi connectivity index (χ0) is 17.2. The largest absolute Gasteiger partial charge is 0.370 e. The predicted molar refractivity (Wildman–Crippen MR) is 90.7 cm³/mol. The molecule has 1 N–H and O–H groups in total. The number of non-ortho nitro benzene ring substituents is 1. The Kier molecular flexibility index (Phi) is 5.49. The van der Waals surface area contributed by atoms with Gasteiger partial charge in [-0.3, -0.25) is 10.1 Å². The second kappa shape index (κ2) is 7.02. The number of halogens is 1. The van der Waals surface area contributed by atoms with E-state index in [2.05, 4.69) is 9.62 Å². The lowest BCUT2D eigenvalue weighted by Crippen LogP contribution is -2.45. The molecule has 1 heterocycles. The Morgan fingerprint density at radius 3 is 2.48 bits per heavy atom. The van der Waals surface area contributed by atoms with Gasteiger partial charge in [0.05, 0.1) is 21.4 Å². The molecule has 2 rings (SSSR count). The van der Waals surface area contributed by atoms with Crippen molar-refractivity contribution in [1.29, 1.82) is 0 Å². The van der Waals surface area contributed by atoms with Crippen LogP contribution in [0.2, 0.25) is 5.02 Å². The van der Waals surface area contributed by atoms with Crippen molar-refractivity contribution in [3.63, 3.8) is 0 Å². The highest BCUT2D eigenvalue weighted by Crippen LogP contribution is 2.35. The van der Waals surface area contributed by atoms with E-state index in [1.165, 1.54) is 12.1 Å². The number of nitro groups is 1. The van der Waals surface area contributed by atoms with Crippen molar-refractivity contribution in [2.24, 2.45) is 0 Å². The van der Waals surface area contributed by atoms with E-state index in [0.717, 1.165) is 11.3 Å². The van der Waals surface area contributed by atoms with Gasteiger partial charge in [0.25, 0.3) is 5.69 Å². The standard InChI is InChI=1S/C14H20ClN3O4S/c1-3-23(21,22)16-11-4-6-17(7-5-11)14-10(2)8-12(18(19)20)9-13(14)15/h8-9,11,16H,3-7H2,1-2H3. The number of anilines is 1. The fourth-order valence-electron chi connectivity index (χ4n) is 2.78. The van der Waals surface area contributed by atoms with Crippen LogP contribution in [0.15, 0.2) is 12.1 Å². The maximum Gasteiger partial charge on any atom is 0.271 e. The lowest BCUT2D eigenvalue weighted by atomic mass is 10.0. The number of sulfonamides is 1. The van der Waals surface area contributed by atoms with Gasteiger partial charge in [0.1, 0.15) is 0 Å². The SMILES string of the molecule is CCS(=O)(=O)NC1CCN(c2c(C)cc([N+](=O)[O-])cc2Cl)CC1. The minimum atomic E-state index is -3.20. The molecule has 1 saturated heterocycles. The van der Waals surface area contributed by atoms with E-state index >= 15 is 0 Å². The monoisotopic (exact) mass is 361 g/mol. The van der Waals surface area contributed by atoms with E-state index in [9.17, 15) is 18.5 Å². The Balaban J connectivity index is 2.10. The molecule has 0 amide bonds. The van der Waals surface area contributed by atoms with Crippen LogP contribution >= 0.6 is 11.6 Å². The molecule has 128 valence electrons. The van der Waals surface area contributed by atoms with Crippen LogP contribution in [0.5, 0.6) is 0 Å². The van der Waals surface area contributed by atoms with Crippen molar-refractivity contribution in [3.05, 3.63) is 32.8 Å². The zero-order valence-corrected chi connectivity index (χ0v) is 14.7. The molecule has 0 bridgehead atoms. The zero-order valence-electron chi connectivity index (χ0n) is 13.1. The van der Waals surface area contributed by atoms with Crippen molar-refractivity contribution in [3.8, 4) is 0 Å². The first kappa shape index (κ1) is 18.0. The molecular formula is C14H20ClN3O4S. The summed E-state index contributed by atoms with van der Waals surface area (Å²) in [5, 5.41) is 11.2. The number of aryl methyl sites for hydroxylation is 1. The van der Waals surface area contributed by atoms with Crippen LogP contribution in [0.1, 0.15) is 25.3 Å². The molecule has 1 aromatic rings. The summed E-state index contributed by atoms with van der Waals surface area (Å²) in [5.41, 5.74) is 1.51. The highest BCUT2D eigenvalue weighted by atomic mass is 35.5. The number of rotatable bonds is 5. The van der Waals surface area contributed by atoms with Gasteiger partial charge in [0, 0.05) is 31.3 Å². The van der Waals surface area contributed by atoms with Gasteiger partial charge in [-0.15, -0.1) is 0 Å². The first-order chi connectivity index (χ1) is 10.7. The summed E-state index contributed by atoms with van der Waals surface area (Å²) in [5.74, 6) is 0.0699. The molecule has 1 fully saturated rings. The van der Waals surface area contributed by atoms with Crippen molar-refractivity contribution >= 4 is 33.0 Å². The predicted octanol–water partition coefficient (Wildman–Crippen LogP) is 2.46. The van der Waals surface area contributed by atoms with E-state index in [0.29, 0.717) is 31.0 Å². The van der Waals surface area contributed by atoms with Crippen molar-refractivity contribution in [1.82, 2.24) is 4.72 Å². The van der Waals surface area contributed by atoms with Gasteiger partial charge in [-0.25, -0.2) is 13.1 Å². The first-order valence-corrected chi connectivity index (χ1v) is 9.46. The first-order valence-electron chi connectivity index (χ1n) is 7.43. The lowest BCUT2D eigenvalue weighted by Gasteiger charge is -2.35. The second-order valence-corrected chi connectivity index (χ2v) is 8.08. The second-order valence-electron chi connectivity index (χ2n) is 5.63. The average Bonchev–Trinajstić information content (AvgIpc) is 2.48. The molecule has 0 saturated carbocycles. The Labute approximate surface area is 140 Å². The normalized spacial score (nSPS) is 16.6. The van der Waals surface area contributed by atoms with E-state index in [-0.39, 0.29) is 17.5 Å². The minimum Gasteiger partial charge on any atom is -0.370 e. The van der Waals surface area contributed by atoms with E-state index in [1.807, 2.05) is 0 Å². The summed E-state index contributed by atoms with van der Waals surface area (Å²) in [6, 6.07) is 2.79. The molecule has 0 radical (unpaired) electrons. The average molecular weight is 362 g/mol. The Bertz CT molecular complexity index is 677. The Hall–Kier alpha value is -1.38. The van der Waals surface area contributed by atoms with Crippen LogP contribution in [-0.4, -0.2) is 38.2 Å². The number of nitro benzene ring substituents is 1. The fourth-order valence-corrected chi connectivity index (χ4v) is 4.07. The summed E-state index contributed by atoms with van der Waals surface area (Å²) < 4.78 is 25.9. The van der Waals surface area contributed by atoms with Crippen molar-refractivity contribution in [2.45, 2.75) is 32.7 Å². The third-order valence-corrected chi connectivity index (χ3v) is 5.73. The molecule has 7 nitrogen and oxygen atoms in total. The highest BCUT2D eigenvalue weighted by Gasteiger charge is 2.25. The quantitative estimate of drug-likeness (QED) is 0.642. The number of hydrogen-bond acceptors (Lipinski definition) is 5. The molecule has 1 aliphatic rings. The van der Waals surface area contributed by atoms with Gasteiger partial charge < -0.3 is 4.90 Å². The van der Waals surface area contributed by atoms with E-state index in [1.54, 1.807) is 13.8 Å². The Morgan fingerprint density at radius 1 is 1.39 bits per heavy atom. The van der Waals surface area contributed by atoms with Crippen LogP contribution < -0.4 is 9.62 Å². The van der Waals surface area contributed by atoms with Crippen molar-refractivity contribution in [2.75, 3.05) is 23.7 Å². The van der Waals surface area contributed by atoms with Gasteiger partial charge in [-0.05, 0) is 32.3 Å². The molecule has 0 aromatic heterocycles. The molecule has 23 heavy (non-hydrogen) atoms.